The largest absolute Gasteiger partial charge is 0.478 e. The van der Waals surface area contributed by atoms with Crippen LogP contribution in [-0.2, 0) is 4.79 Å². The third-order valence-electron chi connectivity index (χ3n) is 3.43. The van der Waals surface area contributed by atoms with Crippen molar-refractivity contribution in [1.29, 1.82) is 0 Å². The van der Waals surface area contributed by atoms with Gasteiger partial charge in [0.15, 0.2) is 0 Å². The number of anilines is 1. The normalized spacial score (nSPS) is 18.7. The molecule has 100 valence electrons. The predicted octanol–water partition coefficient (Wildman–Crippen LogP) is 2.54. The van der Waals surface area contributed by atoms with Crippen LogP contribution in [0.2, 0.25) is 0 Å². The van der Waals surface area contributed by atoms with Crippen LogP contribution in [0.3, 0.4) is 0 Å². The molecular formula is C15H17NO3. The van der Waals surface area contributed by atoms with E-state index in [4.69, 9.17) is 0 Å². The molecule has 1 fully saturated rings. The summed E-state index contributed by atoms with van der Waals surface area (Å²) in [5.74, 6) is -0.953. The van der Waals surface area contributed by atoms with Crippen LogP contribution in [0.25, 0.3) is 0 Å². The Morgan fingerprint density at radius 1 is 1.47 bits per heavy atom. The van der Waals surface area contributed by atoms with Gasteiger partial charge >= 0.3 is 5.97 Å². The van der Waals surface area contributed by atoms with Crippen LogP contribution >= 0.6 is 0 Å². The number of rotatable bonds is 3. The molecule has 1 aromatic carbocycles. The molecule has 1 N–H and O–H groups in total. The standard InChI is InChI=1S/C15H17NO3/c1-4-11-7-13(17)16(8-11)14-10(3)5-9(2)6-12(14)15(18)19/h4-6,11H,1,7-8H2,2-3H3,(H,18,19). The fourth-order valence-corrected chi connectivity index (χ4v) is 2.59. The van der Waals surface area contributed by atoms with Crippen molar-refractivity contribution in [2.75, 3.05) is 11.4 Å². The van der Waals surface area contributed by atoms with Crippen molar-refractivity contribution in [2.45, 2.75) is 20.3 Å². The van der Waals surface area contributed by atoms with E-state index in [1.54, 1.807) is 17.0 Å². The zero-order chi connectivity index (χ0) is 14.2. The average molecular weight is 259 g/mol. The third-order valence-corrected chi connectivity index (χ3v) is 3.43. The van der Waals surface area contributed by atoms with Crippen LogP contribution in [0, 0.1) is 19.8 Å². The van der Waals surface area contributed by atoms with Crippen LogP contribution < -0.4 is 4.90 Å². The minimum Gasteiger partial charge on any atom is -0.478 e. The maximum atomic E-state index is 12.0. The number of amides is 1. The predicted molar refractivity (Wildman–Crippen MR) is 73.5 cm³/mol. The minimum absolute atomic E-state index is 0.0423. The molecule has 4 heteroatoms. The molecule has 0 spiro atoms. The van der Waals surface area contributed by atoms with Crippen molar-refractivity contribution in [3.05, 3.63) is 41.5 Å². The first kappa shape index (κ1) is 13.3. The number of carboxylic acids is 1. The monoisotopic (exact) mass is 259 g/mol. The number of carboxylic acid groups (broad SMARTS) is 1. The maximum absolute atomic E-state index is 12.0. The second-order valence-corrected chi connectivity index (χ2v) is 4.99. The molecule has 1 amide bonds. The lowest BCUT2D eigenvalue weighted by molar-refractivity contribution is -0.117. The second kappa shape index (κ2) is 4.88. The maximum Gasteiger partial charge on any atom is 0.337 e. The Hall–Kier alpha value is -2.10. The van der Waals surface area contributed by atoms with E-state index in [0.29, 0.717) is 18.7 Å². The molecule has 1 unspecified atom stereocenters. The molecule has 0 radical (unpaired) electrons. The highest BCUT2D eigenvalue weighted by molar-refractivity contribution is 6.04. The number of nitrogens with zero attached hydrogens (tertiary/aromatic N) is 1. The van der Waals surface area contributed by atoms with Crippen LogP contribution in [-0.4, -0.2) is 23.5 Å². The fourth-order valence-electron chi connectivity index (χ4n) is 2.59. The molecule has 2 rings (SSSR count). The lowest BCUT2D eigenvalue weighted by atomic mass is 10.0. The van der Waals surface area contributed by atoms with Gasteiger partial charge in [0, 0.05) is 18.9 Å². The van der Waals surface area contributed by atoms with Gasteiger partial charge in [-0.05, 0) is 31.0 Å². The SMILES string of the molecule is C=CC1CC(=O)N(c2c(C)cc(C)cc2C(=O)O)C1. The third kappa shape index (κ3) is 2.38. The lowest BCUT2D eigenvalue weighted by Crippen LogP contribution is -2.27. The highest BCUT2D eigenvalue weighted by atomic mass is 16.4. The Labute approximate surface area is 112 Å². The van der Waals surface area contributed by atoms with Crippen LogP contribution in [0.15, 0.2) is 24.8 Å². The summed E-state index contributed by atoms with van der Waals surface area (Å²) in [5.41, 5.74) is 2.41. The van der Waals surface area contributed by atoms with E-state index in [2.05, 4.69) is 6.58 Å². The summed E-state index contributed by atoms with van der Waals surface area (Å²) in [6.45, 7) is 7.90. The molecule has 0 aromatic heterocycles. The van der Waals surface area contributed by atoms with Gasteiger partial charge in [0.2, 0.25) is 5.91 Å². The van der Waals surface area contributed by atoms with Gasteiger partial charge in [-0.2, -0.15) is 0 Å². The molecule has 1 heterocycles. The second-order valence-electron chi connectivity index (χ2n) is 4.99. The number of aromatic carboxylic acids is 1. The van der Waals surface area contributed by atoms with E-state index in [1.165, 1.54) is 0 Å². The molecule has 4 nitrogen and oxygen atoms in total. The van der Waals surface area contributed by atoms with Gasteiger partial charge in [-0.3, -0.25) is 4.79 Å². The summed E-state index contributed by atoms with van der Waals surface area (Å²) in [6.07, 6.45) is 2.15. The van der Waals surface area contributed by atoms with Gasteiger partial charge < -0.3 is 10.0 Å². The first-order chi connectivity index (χ1) is 8.93. The summed E-state index contributed by atoms with van der Waals surface area (Å²) >= 11 is 0. The van der Waals surface area contributed by atoms with E-state index in [9.17, 15) is 14.7 Å². The lowest BCUT2D eigenvalue weighted by Gasteiger charge is -2.21. The van der Waals surface area contributed by atoms with Gasteiger partial charge in [-0.1, -0.05) is 12.1 Å². The molecule has 1 atom stereocenters. The number of carbonyl (C=O) groups excluding carboxylic acids is 1. The molecular weight excluding hydrogens is 242 g/mol. The number of hydrogen-bond donors (Lipinski definition) is 1. The molecule has 1 aliphatic heterocycles. The summed E-state index contributed by atoms with van der Waals surface area (Å²) in [7, 11) is 0. The van der Waals surface area contributed by atoms with Crippen molar-refractivity contribution in [3.8, 4) is 0 Å². The molecule has 0 bridgehead atoms. The molecule has 1 aliphatic rings. The topological polar surface area (TPSA) is 57.6 Å². The van der Waals surface area contributed by atoms with Crippen molar-refractivity contribution < 1.29 is 14.7 Å². The van der Waals surface area contributed by atoms with E-state index in [-0.39, 0.29) is 17.4 Å². The zero-order valence-electron chi connectivity index (χ0n) is 11.1. The highest BCUT2D eigenvalue weighted by Gasteiger charge is 2.32. The average Bonchev–Trinajstić information content (AvgIpc) is 2.69. The van der Waals surface area contributed by atoms with Crippen molar-refractivity contribution in [3.63, 3.8) is 0 Å². The Balaban J connectivity index is 2.53. The fraction of sp³-hybridized carbons (Fsp3) is 0.333. The summed E-state index contributed by atoms with van der Waals surface area (Å²) in [6, 6.07) is 3.51. The number of carbonyl (C=O) groups is 2. The molecule has 19 heavy (non-hydrogen) atoms. The van der Waals surface area contributed by atoms with E-state index >= 15 is 0 Å². The van der Waals surface area contributed by atoms with Gasteiger partial charge in [-0.15, -0.1) is 6.58 Å². The molecule has 1 aromatic rings. The van der Waals surface area contributed by atoms with Crippen LogP contribution in [0.5, 0.6) is 0 Å². The van der Waals surface area contributed by atoms with Crippen molar-refractivity contribution in [2.24, 2.45) is 5.92 Å². The number of benzene rings is 1. The Bertz CT molecular complexity index is 563. The minimum atomic E-state index is -1.00. The number of hydrogen-bond acceptors (Lipinski definition) is 2. The van der Waals surface area contributed by atoms with Crippen molar-refractivity contribution in [1.82, 2.24) is 0 Å². The van der Waals surface area contributed by atoms with Gasteiger partial charge in [0.05, 0.1) is 11.3 Å². The van der Waals surface area contributed by atoms with Crippen LogP contribution in [0.1, 0.15) is 27.9 Å². The van der Waals surface area contributed by atoms with E-state index in [0.717, 1.165) is 11.1 Å². The summed E-state index contributed by atoms with van der Waals surface area (Å²) in [4.78, 5) is 25.0. The Morgan fingerprint density at radius 3 is 2.68 bits per heavy atom. The van der Waals surface area contributed by atoms with E-state index < -0.39 is 5.97 Å². The quantitative estimate of drug-likeness (QED) is 0.849. The van der Waals surface area contributed by atoms with Gasteiger partial charge in [0.25, 0.3) is 0 Å². The highest BCUT2D eigenvalue weighted by Crippen LogP contribution is 2.32. The van der Waals surface area contributed by atoms with Gasteiger partial charge in [0.1, 0.15) is 0 Å². The van der Waals surface area contributed by atoms with Crippen molar-refractivity contribution >= 4 is 17.6 Å². The Kier molecular flexibility index (Phi) is 3.42. The van der Waals surface area contributed by atoms with Crippen LogP contribution in [0.4, 0.5) is 5.69 Å². The first-order valence-corrected chi connectivity index (χ1v) is 6.21. The Morgan fingerprint density at radius 2 is 2.16 bits per heavy atom. The van der Waals surface area contributed by atoms with E-state index in [1.807, 2.05) is 19.9 Å². The first-order valence-electron chi connectivity index (χ1n) is 6.21. The smallest absolute Gasteiger partial charge is 0.337 e. The molecule has 0 aliphatic carbocycles. The number of aryl methyl sites for hydroxylation is 2. The zero-order valence-corrected chi connectivity index (χ0v) is 11.1. The van der Waals surface area contributed by atoms with Gasteiger partial charge in [-0.25, -0.2) is 4.79 Å². The molecule has 0 saturated carbocycles. The summed E-state index contributed by atoms with van der Waals surface area (Å²) < 4.78 is 0. The molecule has 1 saturated heterocycles. The summed E-state index contributed by atoms with van der Waals surface area (Å²) in [5, 5.41) is 9.33.